The number of urea groups is 1. The highest BCUT2D eigenvalue weighted by molar-refractivity contribution is 8.25. The summed E-state index contributed by atoms with van der Waals surface area (Å²) < 4.78 is 46.5. The van der Waals surface area contributed by atoms with Crippen molar-refractivity contribution in [3.8, 4) is 5.88 Å². The third kappa shape index (κ3) is 3.91. The van der Waals surface area contributed by atoms with Gasteiger partial charge < -0.3 is 14.2 Å². The number of amides is 2. The lowest BCUT2D eigenvalue weighted by Gasteiger charge is -2.48. The summed E-state index contributed by atoms with van der Waals surface area (Å²) in [7, 11) is -2.33. The predicted molar refractivity (Wildman–Crippen MR) is 101 cm³/mol. The van der Waals surface area contributed by atoms with Crippen LogP contribution in [0.15, 0.2) is 40.1 Å². The summed E-state index contributed by atoms with van der Waals surface area (Å²) >= 11 is 0. The SMILES string of the molecule is COc1ccc(S(O)(O)[C@@](C)(F)C2CCN(C(=O)Nc3ccon3)CC2)cn1. The average molecular weight is 414 g/mol. The first-order valence-corrected chi connectivity index (χ1v) is 10.2. The number of ether oxygens (including phenoxy) is 1. The lowest BCUT2D eigenvalue weighted by Crippen LogP contribution is -2.46. The van der Waals surface area contributed by atoms with Crippen molar-refractivity contribution in [1.82, 2.24) is 15.0 Å². The smallest absolute Gasteiger partial charge is 0.323 e. The Morgan fingerprint density at radius 1 is 1.39 bits per heavy atom. The number of aromatic nitrogens is 2. The zero-order chi connectivity index (χ0) is 20.4. The van der Waals surface area contributed by atoms with Crippen molar-refractivity contribution in [3.63, 3.8) is 0 Å². The van der Waals surface area contributed by atoms with E-state index in [1.807, 2.05) is 0 Å². The fourth-order valence-corrected chi connectivity index (χ4v) is 4.80. The Labute approximate surface area is 163 Å². The summed E-state index contributed by atoms with van der Waals surface area (Å²) in [6.45, 7) is 1.76. The predicted octanol–water partition coefficient (Wildman–Crippen LogP) is 3.82. The van der Waals surface area contributed by atoms with Crippen molar-refractivity contribution in [2.75, 3.05) is 25.5 Å². The molecule has 2 aromatic rings. The molecule has 2 aromatic heterocycles. The van der Waals surface area contributed by atoms with Crippen LogP contribution in [0.25, 0.3) is 0 Å². The molecule has 9 nitrogen and oxygen atoms in total. The van der Waals surface area contributed by atoms with E-state index in [0.29, 0.717) is 24.5 Å². The van der Waals surface area contributed by atoms with Gasteiger partial charge in [0.1, 0.15) is 6.26 Å². The molecule has 1 aliphatic rings. The van der Waals surface area contributed by atoms with E-state index < -0.39 is 21.5 Å². The summed E-state index contributed by atoms with van der Waals surface area (Å²) in [6.07, 6.45) is 3.14. The number of carbonyl (C=O) groups is 1. The molecule has 0 radical (unpaired) electrons. The first kappa shape index (κ1) is 20.4. The Morgan fingerprint density at radius 3 is 2.64 bits per heavy atom. The quantitative estimate of drug-likeness (QED) is 0.680. The van der Waals surface area contributed by atoms with Crippen molar-refractivity contribution in [1.29, 1.82) is 0 Å². The molecule has 0 saturated carbocycles. The highest BCUT2D eigenvalue weighted by Crippen LogP contribution is 2.63. The van der Waals surface area contributed by atoms with Crippen LogP contribution in [0, 0.1) is 5.92 Å². The van der Waals surface area contributed by atoms with E-state index in [9.17, 15) is 13.9 Å². The molecule has 0 aromatic carbocycles. The van der Waals surface area contributed by atoms with E-state index in [2.05, 4.69) is 20.0 Å². The topological polar surface area (TPSA) is 121 Å². The molecule has 28 heavy (non-hydrogen) atoms. The van der Waals surface area contributed by atoms with Gasteiger partial charge in [0.25, 0.3) is 0 Å². The maximum absolute atomic E-state index is 15.6. The number of anilines is 1. The van der Waals surface area contributed by atoms with Gasteiger partial charge in [-0.1, -0.05) is 5.16 Å². The number of pyridine rings is 1. The number of alkyl halides is 1. The summed E-state index contributed by atoms with van der Waals surface area (Å²) in [4.78, 5) is 17.7. The van der Waals surface area contributed by atoms with E-state index in [0.717, 1.165) is 0 Å². The Bertz CT molecular complexity index is 792. The summed E-state index contributed by atoms with van der Waals surface area (Å²) in [5, 5.41) is 3.93. The molecule has 1 fully saturated rings. The van der Waals surface area contributed by atoms with Crippen LogP contribution in [0.3, 0.4) is 0 Å². The van der Waals surface area contributed by atoms with Crippen LogP contribution in [0.1, 0.15) is 19.8 Å². The lowest BCUT2D eigenvalue weighted by molar-refractivity contribution is 0.109. The van der Waals surface area contributed by atoms with Crippen LogP contribution in [-0.4, -0.2) is 55.4 Å². The lowest BCUT2D eigenvalue weighted by atomic mass is 9.92. The maximum Gasteiger partial charge on any atom is 0.323 e. The van der Waals surface area contributed by atoms with Crippen LogP contribution < -0.4 is 10.1 Å². The molecule has 3 heterocycles. The van der Waals surface area contributed by atoms with Gasteiger partial charge >= 0.3 is 6.03 Å². The van der Waals surface area contributed by atoms with Gasteiger partial charge in [-0.25, -0.2) is 14.2 Å². The third-order valence-electron chi connectivity index (χ3n) is 4.99. The van der Waals surface area contributed by atoms with Crippen molar-refractivity contribution in [2.45, 2.75) is 29.7 Å². The fraction of sp³-hybridized carbons (Fsp3) is 0.471. The first-order valence-electron chi connectivity index (χ1n) is 8.69. The number of nitrogens with zero attached hydrogens (tertiary/aromatic N) is 3. The van der Waals surface area contributed by atoms with Crippen LogP contribution in [-0.2, 0) is 0 Å². The number of halogens is 1. The van der Waals surface area contributed by atoms with E-state index >= 15 is 4.39 Å². The molecule has 0 unspecified atom stereocenters. The molecule has 3 N–H and O–H groups in total. The molecule has 1 saturated heterocycles. The number of likely N-dealkylation sites (tertiary alicyclic amines) is 1. The van der Waals surface area contributed by atoms with Crippen molar-refractivity contribution in [3.05, 3.63) is 30.7 Å². The largest absolute Gasteiger partial charge is 0.481 e. The Morgan fingerprint density at radius 2 is 2.11 bits per heavy atom. The maximum atomic E-state index is 15.6. The standard InChI is InChI=1S/C17H23FN4O5S/c1-17(18,28(24,25)13-3-4-15(26-2)19-11-13)12-5-8-22(9-6-12)16(23)20-14-7-10-27-21-14/h3-4,7,10-12,24-25H,5-6,8-9H2,1-2H3,(H,20,21,23)/t17-/m1/s1. The molecule has 154 valence electrons. The van der Waals surface area contributed by atoms with E-state index in [-0.39, 0.29) is 24.0 Å². The third-order valence-corrected chi connectivity index (χ3v) is 7.33. The zero-order valence-corrected chi connectivity index (χ0v) is 16.4. The van der Waals surface area contributed by atoms with Gasteiger partial charge in [0.2, 0.25) is 10.9 Å². The van der Waals surface area contributed by atoms with Gasteiger partial charge in [0.15, 0.2) is 5.82 Å². The van der Waals surface area contributed by atoms with Gasteiger partial charge in [-0.3, -0.25) is 14.4 Å². The molecule has 11 heteroatoms. The Kier molecular flexibility index (Phi) is 5.77. The van der Waals surface area contributed by atoms with Crippen molar-refractivity contribution >= 4 is 22.4 Å². The molecule has 2 amide bonds. The van der Waals surface area contributed by atoms with E-state index in [4.69, 9.17) is 4.74 Å². The highest BCUT2D eigenvalue weighted by atomic mass is 32.3. The second-order valence-corrected chi connectivity index (χ2v) is 9.01. The monoisotopic (exact) mass is 414 g/mol. The molecule has 3 rings (SSSR count). The van der Waals surface area contributed by atoms with Gasteiger partial charge in [-0.05, 0) is 25.8 Å². The Hall–Kier alpha value is -2.37. The normalized spacial score (nSPS) is 18.4. The number of piperidine rings is 1. The van der Waals surface area contributed by atoms with Crippen LogP contribution in [0.5, 0.6) is 5.88 Å². The molecule has 0 aliphatic carbocycles. The first-order chi connectivity index (χ1) is 13.3. The van der Waals surface area contributed by atoms with Crippen LogP contribution in [0.4, 0.5) is 15.0 Å². The van der Waals surface area contributed by atoms with Gasteiger partial charge in [0, 0.05) is 31.1 Å². The summed E-state index contributed by atoms with van der Waals surface area (Å²) in [6, 6.07) is 4.01. The number of carbonyl (C=O) groups excluding carboxylic acids is 1. The number of hydrogen-bond donors (Lipinski definition) is 3. The average Bonchev–Trinajstić information content (AvgIpc) is 3.21. The molecule has 0 spiro atoms. The molecular formula is C17H23FN4O5S. The van der Waals surface area contributed by atoms with Crippen LogP contribution in [0.2, 0.25) is 0 Å². The molecule has 1 atom stereocenters. The molecule has 1 aliphatic heterocycles. The summed E-state index contributed by atoms with van der Waals surface area (Å²) in [5.74, 6) is -0.0368. The second kappa shape index (κ2) is 7.94. The minimum atomic E-state index is -3.77. The number of hydrogen-bond acceptors (Lipinski definition) is 7. The second-order valence-electron chi connectivity index (χ2n) is 6.65. The zero-order valence-electron chi connectivity index (χ0n) is 15.5. The van der Waals surface area contributed by atoms with Crippen molar-refractivity contribution in [2.24, 2.45) is 5.92 Å². The minimum Gasteiger partial charge on any atom is -0.481 e. The van der Waals surface area contributed by atoms with Gasteiger partial charge in [0.05, 0.1) is 18.2 Å². The van der Waals surface area contributed by atoms with E-state index in [1.54, 1.807) is 0 Å². The van der Waals surface area contributed by atoms with Crippen LogP contribution >= 0.6 is 10.6 Å². The summed E-state index contributed by atoms with van der Waals surface area (Å²) in [5.41, 5.74) is 0. The minimum absolute atomic E-state index is 0.0181. The molecular weight excluding hydrogens is 391 g/mol. The molecule has 0 bridgehead atoms. The van der Waals surface area contributed by atoms with Crippen molar-refractivity contribution < 1.29 is 27.6 Å². The van der Waals surface area contributed by atoms with Gasteiger partial charge in [-0.15, -0.1) is 10.6 Å². The van der Waals surface area contributed by atoms with E-state index in [1.165, 1.54) is 49.6 Å². The number of methoxy groups -OCH3 is 1. The highest BCUT2D eigenvalue weighted by Gasteiger charge is 2.48. The van der Waals surface area contributed by atoms with Gasteiger partial charge in [-0.2, -0.15) is 0 Å². The number of rotatable bonds is 5. The number of nitrogens with one attached hydrogen (secondary N) is 1. The Balaban J connectivity index is 1.65. The fourth-order valence-electron chi connectivity index (χ4n) is 3.18.